The summed E-state index contributed by atoms with van der Waals surface area (Å²) in [5.41, 5.74) is 19.6. The zero-order chi connectivity index (χ0) is 54.7. The van der Waals surface area contributed by atoms with E-state index in [4.69, 9.17) is 23.2 Å². The van der Waals surface area contributed by atoms with E-state index in [0.717, 1.165) is 166 Å². The molecule has 0 bridgehead atoms. The lowest BCUT2D eigenvalue weighted by Gasteiger charge is -2.13. The summed E-state index contributed by atoms with van der Waals surface area (Å²) < 4.78 is 26.3. The van der Waals surface area contributed by atoms with Crippen LogP contribution in [-0.4, -0.2) is 23.7 Å². The molecule has 8 nitrogen and oxygen atoms in total. The van der Waals surface area contributed by atoms with E-state index >= 15 is 0 Å². The molecule has 390 valence electrons. The van der Waals surface area contributed by atoms with Gasteiger partial charge in [0.05, 0.1) is 44.5 Å². The Kier molecular flexibility index (Phi) is 9.18. The Labute approximate surface area is 477 Å². The number of para-hydroxylation sites is 6. The van der Waals surface area contributed by atoms with Crippen LogP contribution in [0.4, 0.5) is 0 Å². The van der Waals surface area contributed by atoms with Gasteiger partial charge in [0.2, 0.25) is 0 Å². The van der Waals surface area contributed by atoms with E-state index in [1.807, 2.05) is 36.4 Å². The van der Waals surface area contributed by atoms with Crippen molar-refractivity contribution in [1.29, 1.82) is 0 Å². The first kappa shape index (κ1) is 45.3. The maximum Gasteiger partial charge on any atom is 0.160 e. The smallest absolute Gasteiger partial charge is 0.160 e. The van der Waals surface area contributed by atoms with E-state index in [-0.39, 0.29) is 0 Å². The van der Waals surface area contributed by atoms with Gasteiger partial charge in [-0.25, -0.2) is 9.97 Å². The molecule has 0 N–H and O–H groups in total. The molecule has 8 heteroatoms. The molecule has 0 saturated heterocycles. The highest BCUT2D eigenvalue weighted by Crippen LogP contribution is 2.43. The topological polar surface area (TPSA) is 80.0 Å². The molecule has 0 aliphatic heterocycles. The van der Waals surface area contributed by atoms with Crippen LogP contribution in [0.5, 0.6) is 0 Å². The largest absolute Gasteiger partial charge is 0.456 e. The van der Waals surface area contributed by atoms with Crippen molar-refractivity contribution in [2.75, 3.05) is 0 Å². The first-order valence-electron chi connectivity index (χ1n) is 28.4. The highest BCUT2D eigenvalue weighted by Gasteiger charge is 2.22. The van der Waals surface area contributed by atoms with Gasteiger partial charge in [0.25, 0.3) is 0 Å². The van der Waals surface area contributed by atoms with Crippen molar-refractivity contribution < 1.29 is 13.3 Å². The number of hydrogen-bond acceptors (Lipinski definition) is 5. The molecule has 19 aromatic rings. The molecule has 0 aliphatic carbocycles. The molecule has 0 saturated carbocycles. The normalized spacial score (nSPS) is 12.3. The summed E-state index contributed by atoms with van der Waals surface area (Å²) in [6.45, 7) is 0. The SMILES string of the molecule is c1cc(-c2nc(-c3ccc(-n4c5ccccc5c5cc6oc7ccccc7c6cc54)cc3)cc(-c3ccc(-n4c5ccccc5c5cc6oc7ccccc7c6cc54)cc3)n2)cc(-n2c3ccccc3c3cc4oc5ccccc5c4cc32)c1. The first-order chi connectivity index (χ1) is 41.6. The monoisotopic (exact) mass is 1070 g/mol. The van der Waals surface area contributed by atoms with E-state index in [0.29, 0.717) is 5.82 Å². The van der Waals surface area contributed by atoms with Gasteiger partial charge >= 0.3 is 0 Å². The van der Waals surface area contributed by atoms with Gasteiger partial charge in [-0.15, -0.1) is 0 Å². The third-order valence-electron chi connectivity index (χ3n) is 17.4. The van der Waals surface area contributed by atoms with Crippen molar-refractivity contribution in [2.24, 2.45) is 0 Å². The van der Waals surface area contributed by atoms with Crippen molar-refractivity contribution in [3.63, 3.8) is 0 Å². The summed E-state index contributed by atoms with van der Waals surface area (Å²) in [5.74, 6) is 0.624. The Bertz CT molecular complexity index is 5740. The molecule has 7 aromatic heterocycles. The van der Waals surface area contributed by atoms with Gasteiger partial charge in [-0.3, -0.25) is 0 Å². The van der Waals surface area contributed by atoms with E-state index in [1.54, 1.807) is 0 Å². The number of hydrogen-bond donors (Lipinski definition) is 0. The fourth-order valence-electron chi connectivity index (χ4n) is 13.6. The fraction of sp³-hybridized carbons (Fsp3) is 0. The first-order valence-corrected chi connectivity index (χ1v) is 28.4. The molecule has 7 heterocycles. The zero-order valence-electron chi connectivity index (χ0n) is 44.8. The highest BCUT2D eigenvalue weighted by atomic mass is 16.3. The molecule has 0 spiro atoms. The molecule has 0 aliphatic rings. The van der Waals surface area contributed by atoms with Crippen molar-refractivity contribution in [2.45, 2.75) is 0 Å². The summed E-state index contributed by atoms with van der Waals surface area (Å²) in [5, 5.41) is 13.5. The Hall–Kier alpha value is -11.5. The second kappa shape index (κ2) is 17.0. The maximum absolute atomic E-state index is 6.43. The summed E-state index contributed by atoms with van der Waals surface area (Å²) in [7, 11) is 0. The third kappa shape index (κ3) is 6.53. The minimum atomic E-state index is 0.624. The summed E-state index contributed by atoms with van der Waals surface area (Å²) in [6.07, 6.45) is 0. The van der Waals surface area contributed by atoms with Crippen LogP contribution in [0.2, 0.25) is 0 Å². The van der Waals surface area contributed by atoms with Crippen LogP contribution < -0.4 is 0 Å². The third-order valence-corrected chi connectivity index (χ3v) is 17.4. The van der Waals surface area contributed by atoms with Crippen molar-refractivity contribution >= 4 is 131 Å². The summed E-state index contributed by atoms with van der Waals surface area (Å²) >= 11 is 0. The molecule has 0 fully saturated rings. The lowest BCUT2D eigenvalue weighted by Crippen LogP contribution is -1.99. The molecule has 19 rings (SSSR count). The molecular weight excluding hydrogens is 1030 g/mol. The van der Waals surface area contributed by atoms with Gasteiger partial charge in [0.15, 0.2) is 5.82 Å². The van der Waals surface area contributed by atoms with Crippen LogP contribution in [0.15, 0.2) is 274 Å². The minimum Gasteiger partial charge on any atom is -0.456 e. The molecular formula is C76H43N5O3. The summed E-state index contributed by atoms with van der Waals surface area (Å²) in [4.78, 5) is 10.9. The molecule has 0 amide bonds. The van der Waals surface area contributed by atoms with Gasteiger partial charge in [0, 0.05) is 98.4 Å². The number of nitrogens with zero attached hydrogens (tertiary/aromatic N) is 5. The predicted octanol–water partition coefficient (Wildman–Crippen LogP) is 20.5. The second-order valence-corrected chi connectivity index (χ2v) is 22.1. The quantitative estimate of drug-likeness (QED) is 0.166. The lowest BCUT2D eigenvalue weighted by atomic mass is 10.1. The molecule has 12 aromatic carbocycles. The zero-order valence-corrected chi connectivity index (χ0v) is 44.8. The van der Waals surface area contributed by atoms with Crippen LogP contribution in [0.1, 0.15) is 0 Å². The van der Waals surface area contributed by atoms with Crippen LogP contribution in [-0.2, 0) is 0 Å². The Morgan fingerprint density at radius 3 is 0.976 bits per heavy atom. The van der Waals surface area contributed by atoms with Gasteiger partial charge in [-0.1, -0.05) is 146 Å². The second-order valence-electron chi connectivity index (χ2n) is 22.1. The highest BCUT2D eigenvalue weighted by molar-refractivity contribution is 6.20. The van der Waals surface area contributed by atoms with Crippen LogP contribution in [0.3, 0.4) is 0 Å². The standard InChI is InChI=1S/C76H43N5O3/c1-7-22-64-50(16-1)56-40-73-59(53-19-4-10-25-70(53)82-73)37-67(56)79(64)47-32-28-44(29-33-47)62-43-63(45-30-34-48(35-31-45)80-65-23-8-2-17-51(65)57-41-74-60(38-68(57)80)54-20-5-11-26-71(54)83-74)78-76(77-62)46-14-13-15-49(36-46)81-66-24-9-3-18-52(66)58-42-75-61(39-69(58)81)55-21-6-12-27-72(55)84-75/h1-43H. The average molecular weight is 1070 g/mol. The molecule has 0 radical (unpaired) electrons. The van der Waals surface area contributed by atoms with Gasteiger partial charge in [0.1, 0.15) is 33.5 Å². The van der Waals surface area contributed by atoms with Gasteiger partial charge < -0.3 is 27.0 Å². The predicted molar refractivity (Wildman–Crippen MR) is 343 cm³/mol. The van der Waals surface area contributed by atoms with Crippen LogP contribution in [0, 0.1) is 0 Å². The van der Waals surface area contributed by atoms with Gasteiger partial charge in [-0.2, -0.15) is 0 Å². The fourth-order valence-corrected chi connectivity index (χ4v) is 13.6. The van der Waals surface area contributed by atoms with Crippen molar-refractivity contribution in [3.8, 4) is 51.0 Å². The average Bonchev–Trinajstić information content (AvgIpc) is 2.12. The Balaban J connectivity index is 0.776. The molecule has 0 unspecified atom stereocenters. The summed E-state index contributed by atoms with van der Waals surface area (Å²) in [6, 6.07) is 92.6. The minimum absolute atomic E-state index is 0.624. The van der Waals surface area contributed by atoms with E-state index in [1.165, 1.54) is 10.8 Å². The Morgan fingerprint density at radius 2 is 0.571 bits per heavy atom. The van der Waals surface area contributed by atoms with E-state index in [9.17, 15) is 0 Å². The maximum atomic E-state index is 6.43. The Morgan fingerprint density at radius 1 is 0.214 bits per heavy atom. The van der Waals surface area contributed by atoms with Gasteiger partial charge in [-0.05, 0) is 115 Å². The van der Waals surface area contributed by atoms with Crippen LogP contribution >= 0.6 is 0 Å². The molecule has 0 atom stereocenters. The van der Waals surface area contributed by atoms with Crippen molar-refractivity contribution in [1.82, 2.24) is 23.7 Å². The molecule has 84 heavy (non-hydrogen) atoms. The van der Waals surface area contributed by atoms with E-state index in [2.05, 4.69) is 238 Å². The number of aromatic nitrogens is 5. The number of rotatable bonds is 6. The number of benzene rings is 12. The van der Waals surface area contributed by atoms with E-state index < -0.39 is 0 Å². The lowest BCUT2D eigenvalue weighted by molar-refractivity contribution is 0.669. The van der Waals surface area contributed by atoms with Crippen molar-refractivity contribution in [3.05, 3.63) is 261 Å². The number of fused-ring (bicyclic) bond motifs is 18. The number of furan rings is 3. The van der Waals surface area contributed by atoms with Crippen LogP contribution in [0.25, 0.3) is 182 Å².